The first-order chi connectivity index (χ1) is 26.8. The zero-order chi connectivity index (χ0) is 34.9. The predicted octanol–water partition coefficient (Wildman–Crippen LogP) is 14.0. The number of rotatable bonds is 0. The average Bonchev–Trinajstić information content (AvgIpc) is 4.05. The third-order valence-electron chi connectivity index (χ3n) is 13.3. The maximum absolute atomic E-state index is 2.49. The van der Waals surface area contributed by atoms with Crippen molar-refractivity contribution in [2.24, 2.45) is 0 Å². The number of hydrogen-bond acceptors (Lipinski definition) is 2. The summed E-state index contributed by atoms with van der Waals surface area (Å²) < 4.78 is 5.41. The Kier molecular flexibility index (Phi) is 5.02. The normalized spacial score (nSPS) is 19.6. The van der Waals surface area contributed by atoms with Crippen LogP contribution in [-0.4, -0.2) is 0 Å². The molecule has 0 saturated heterocycles. The Morgan fingerprint density at radius 3 is 1.07 bits per heavy atom. The van der Waals surface area contributed by atoms with E-state index >= 15 is 0 Å². The first kappa shape index (κ1) is 28.4. The van der Waals surface area contributed by atoms with Crippen LogP contribution < -0.4 is 0 Å². The molecule has 0 aliphatic heterocycles. The molecule has 0 amide bonds. The lowest BCUT2D eigenvalue weighted by Crippen LogP contribution is -2.28. The van der Waals surface area contributed by atoms with E-state index in [-0.39, 0.29) is 0 Å². The molecule has 0 fully saturated rings. The van der Waals surface area contributed by atoms with Crippen molar-refractivity contribution < 1.29 is 0 Å². The second kappa shape index (κ2) is 9.53. The number of hydrogen-bond donors (Lipinski definition) is 0. The molecule has 2 unspecified atom stereocenters. The van der Waals surface area contributed by atoms with Crippen LogP contribution in [0, 0.1) is 0 Å². The van der Waals surface area contributed by atoms with Gasteiger partial charge in [0, 0.05) is 40.3 Å². The van der Waals surface area contributed by atoms with Crippen LogP contribution in [0.4, 0.5) is 0 Å². The molecule has 0 radical (unpaired) electrons. The van der Waals surface area contributed by atoms with Crippen molar-refractivity contribution in [3.8, 4) is 22.3 Å². The van der Waals surface area contributed by atoms with Gasteiger partial charge >= 0.3 is 0 Å². The third-order valence-corrected chi connectivity index (χ3v) is 15.6. The summed E-state index contributed by atoms with van der Waals surface area (Å²) in [7, 11) is 0. The van der Waals surface area contributed by atoms with Gasteiger partial charge in [-0.25, -0.2) is 0 Å². The monoisotopic (exact) mass is 716 g/mol. The molecule has 0 N–H and O–H groups in total. The molecule has 2 heteroatoms. The smallest absolute Gasteiger partial charge is 0.0729 e. The molecule has 54 heavy (non-hydrogen) atoms. The van der Waals surface area contributed by atoms with E-state index in [1.165, 1.54) is 118 Å². The number of thiophene rings is 2. The molecule has 2 heterocycles. The summed E-state index contributed by atoms with van der Waals surface area (Å²) in [5, 5.41) is 5.51. The molecule has 0 nitrogen and oxygen atoms in total. The molecule has 8 aromatic carbocycles. The number of fused-ring (bicyclic) bond motifs is 26. The Morgan fingerprint density at radius 2 is 0.630 bits per heavy atom. The van der Waals surface area contributed by atoms with Gasteiger partial charge in [-0.3, -0.25) is 0 Å². The van der Waals surface area contributed by atoms with Crippen molar-refractivity contribution in [3.63, 3.8) is 0 Å². The van der Waals surface area contributed by atoms with Crippen LogP contribution >= 0.6 is 22.7 Å². The largest absolute Gasteiger partial charge is 0.135 e. The van der Waals surface area contributed by atoms with E-state index in [1.807, 2.05) is 22.7 Å². The molecule has 0 bridgehead atoms. The van der Waals surface area contributed by atoms with Crippen LogP contribution in [-0.2, 0) is 10.8 Å². The molecule has 248 valence electrons. The molecular weight excluding hydrogens is 689 g/mol. The first-order valence-electron chi connectivity index (χ1n) is 18.9. The highest BCUT2D eigenvalue weighted by Crippen LogP contribution is 2.75. The van der Waals surface area contributed by atoms with E-state index in [9.17, 15) is 0 Å². The van der Waals surface area contributed by atoms with Gasteiger partial charge < -0.3 is 0 Å². The minimum Gasteiger partial charge on any atom is -0.135 e. The Morgan fingerprint density at radius 1 is 0.278 bits per heavy atom. The Balaban J connectivity index is 1.21. The fourth-order valence-corrected chi connectivity index (χ4v) is 13.9. The summed E-state index contributed by atoms with van der Waals surface area (Å²) in [6.07, 6.45) is 0. The van der Waals surface area contributed by atoms with Crippen molar-refractivity contribution in [3.05, 3.63) is 214 Å². The lowest BCUT2D eigenvalue weighted by atomic mass is 9.66. The second-order valence-corrected chi connectivity index (χ2v) is 17.5. The zero-order valence-corrected chi connectivity index (χ0v) is 30.6. The highest BCUT2D eigenvalue weighted by Gasteiger charge is 2.63. The van der Waals surface area contributed by atoms with Crippen molar-refractivity contribution in [1.82, 2.24) is 0 Å². The van der Waals surface area contributed by atoms with Crippen LogP contribution in [0.2, 0.25) is 0 Å². The van der Waals surface area contributed by atoms with Gasteiger partial charge in [0.15, 0.2) is 0 Å². The number of allylic oxidation sites excluding steroid dienone is 2. The summed E-state index contributed by atoms with van der Waals surface area (Å²) in [5.41, 5.74) is 18.7. The molecular formula is C52H28S2. The SMILES string of the molecule is c1ccc2c(c1)C1=C(c3ccccc3C13c1ccccc1-c1c3ccc3sc4ccccc4c13)C21c2ccccc2-c2c1ccc1sc3ccccc3c21. The Hall–Kier alpha value is -6.06. The van der Waals surface area contributed by atoms with E-state index in [1.54, 1.807) is 0 Å². The summed E-state index contributed by atoms with van der Waals surface area (Å²) in [4.78, 5) is 0. The molecule has 10 aromatic rings. The van der Waals surface area contributed by atoms with Crippen molar-refractivity contribution in [2.75, 3.05) is 0 Å². The summed E-state index contributed by atoms with van der Waals surface area (Å²) in [6, 6.07) is 65.4. The van der Waals surface area contributed by atoms with Crippen LogP contribution in [0.5, 0.6) is 0 Å². The molecule has 0 saturated carbocycles. The van der Waals surface area contributed by atoms with E-state index in [2.05, 4.69) is 170 Å². The van der Waals surface area contributed by atoms with Crippen LogP contribution in [0.3, 0.4) is 0 Å². The van der Waals surface area contributed by atoms with Crippen LogP contribution in [0.25, 0.3) is 73.7 Å². The van der Waals surface area contributed by atoms with Crippen molar-refractivity contribution >= 4 is 74.2 Å². The standard InChI is InChI=1S/C52H28S2/c1-7-19-35-29(13-1)45-39(25-27-43-47(45)33-17-5-11-23-41(33)53-43)51(35)37-21-9-3-15-31(37)50-49(51)32-16-4-10-22-38(32)52(50)36-20-8-2-14-30(36)46-40(52)26-28-44-48(46)34-18-6-12-24-42(34)54-44/h1-28H. The van der Waals surface area contributed by atoms with Gasteiger partial charge in [-0.2, -0.15) is 0 Å². The second-order valence-electron chi connectivity index (χ2n) is 15.4. The topological polar surface area (TPSA) is 0 Å². The fraction of sp³-hybridized carbons (Fsp3) is 0.0385. The molecule has 2 spiro atoms. The van der Waals surface area contributed by atoms with E-state index in [0.29, 0.717) is 0 Å². The fourth-order valence-electron chi connectivity index (χ4n) is 11.7. The summed E-state index contributed by atoms with van der Waals surface area (Å²) in [5.74, 6) is 0. The molecule has 2 aromatic heterocycles. The van der Waals surface area contributed by atoms with Gasteiger partial charge in [-0.1, -0.05) is 146 Å². The highest BCUT2D eigenvalue weighted by molar-refractivity contribution is 7.26. The Labute approximate surface area is 319 Å². The first-order valence-corrected chi connectivity index (χ1v) is 20.5. The van der Waals surface area contributed by atoms with Gasteiger partial charge in [-0.05, 0) is 102 Å². The third kappa shape index (κ3) is 2.93. The van der Waals surface area contributed by atoms with Crippen molar-refractivity contribution in [1.29, 1.82) is 0 Å². The summed E-state index contributed by atoms with van der Waals surface area (Å²) >= 11 is 3.84. The Bertz CT molecular complexity index is 3180. The molecule has 4 aliphatic carbocycles. The summed E-state index contributed by atoms with van der Waals surface area (Å²) in [6.45, 7) is 0. The highest BCUT2D eigenvalue weighted by atomic mass is 32.1. The lowest BCUT2D eigenvalue weighted by molar-refractivity contribution is 0.827. The molecule has 4 aliphatic rings. The van der Waals surface area contributed by atoms with Gasteiger partial charge in [0.05, 0.1) is 10.8 Å². The minimum atomic E-state index is -0.467. The van der Waals surface area contributed by atoms with Crippen molar-refractivity contribution in [2.45, 2.75) is 10.8 Å². The van der Waals surface area contributed by atoms with Crippen LogP contribution in [0.1, 0.15) is 44.5 Å². The average molecular weight is 717 g/mol. The van der Waals surface area contributed by atoms with E-state index in [4.69, 9.17) is 0 Å². The molecule has 14 rings (SSSR count). The van der Waals surface area contributed by atoms with Crippen LogP contribution in [0.15, 0.2) is 170 Å². The predicted molar refractivity (Wildman–Crippen MR) is 229 cm³/mol. The van der Waals surface area contributed by atoms with E-state index in [0.717, 1.165) is 0 Å². The maximum atomic E-state index is 2.49. The van der Waals surface area contributed by atoms with E-state index < -0.39 is 10.8 Å². The van der Waals surface area contributed by atoms with Gasteiger partial charge in [0.2, 0.25) is 0 Å². The maximum Gasteiger partial charge on any atom is 0.0729 e. The van der Waals surface area contributed by atoms with Gasteiger partial charge in [0.25, 0.3) is 0 Å². The lowest BCUT2D eigenvalue weighted by Gasteiger charge is -2.34. The quantitative estimate of drug-likeness (QED) is 0.147. The minimum absolute atomic E-state index is 0.467. The zero-order valence-electron chi connectivity index (χ0n) is 29.0. The molecule has 2 atom stereocenters. The van der Waals surface area contributed by atoms with Gasteiger partial charge in [0.1, 0.15) is 0 Å². The van der Waals surface area contributed by atoms with Gasteiger partial charge in [-0.15, -0.1) is 22.7 Å². The number of benzene rings is 8.